The van der Waals surface area contributed by atoms with Gasteiger partial charge in [-0.2, -0.15) is 0 Å². The van der Waals surface area contributed by atoms with Crippen LogP contribution in [0.1, 0.15) is 33.1 Å². The van der Waals surface area contributed by atoms with Crippen LogP contribution in [0, 0.1) is 19.8 Å². The van der Waals surface area contributed by atoms with Gasteiger partial charge in [0.15, 0.2) is 0 Å². The third-order valence-electron chi connectivity index (χ3n) is 6.31. The molecule has 1 N–H and O–H groups in total. The third-order valence-corrected chi connectivity index (χ3v) is 6.80. The summed E-state index contributed by atoms with van der Waals surface area (Å²) >= 11 is 3.40. The van der Waals surface area contributed by atoms with Crippen molar-refractivity contribution >= 4 is 39.3 Å². The number of nitrogens with zero attached hydrogens (tertiary/aromatic N) is 2. The van der Waals surface area contributed by atoms with Gasteiger partial charge in [-0.3, -0.25) is 19.4 Å². The van der Waals surface area contributed by atoms with E-state index in [4.69, 9.17) is 0 Å². The molecule has 0 aromatic heterocycles. The highest BCUT2D eigenvalue weighted by Gasteiger charge is 2.60. The standard InChI is InChI=1S/C26H22BrN3O3/c1-15-7-5-11-19(13-15)29-25(32)21-22(20-12-4-3-8-16(20)2)28-30(23(21)26(29)33)24(31)17-9-6-10-18(27)14-17/h3-14,21-23,28H,1-2H3/t21-,22-,23-/m1/s1. The molecule has 2 heterocycles. The first kappa shape index (κ1) is 21.6. The van der Waals surface area contributed by atoms with Crippen LogP contribution in [-0.2, 0) is 9.59 Å². The van der Waals surface area contributed by atoms with E-state index in [9.17, 15) is 14.4 Å². The highest BCUT2D eigenvalue weighted by atomic mass is 79.9. The number of nitrogens with one attached hydrogen (secondary N) is 1. The van der Waals surface area contributed by atoms with E-state index >= 15 is 0 Å². The molecule has 2 aliphatic rings. The molecule has 0 aliphatic carbocycles. The summed E-state index contributed by atoms with van der Waals surface area (Å²) in [5.74, 6) is -1.78. The lowest BCUT2D eigenvalue weighted by Gasteiger charge is -2.25. The van der Waals surface area contributed by atoms with Crippen molar-refractivity contribution in [3.63, 3.8) is 0 Å². The van der Waals surface area contributed by atoms with Crippen LogP contribution in [0.25, 0.3) is 0 Å². The molecule has 0 bridgehead atoms. The van der Waals surface area contributed by atoms with Gasteiger partial charge in [-0.1, -0.05) is 58.4 Å². The van der Waals surface area contributed by atoms with Crippen LogP contribution in [0.5, 0.6) is 0 Å². The molecular formula is C26H22BrN3O3. The normalized spacial score (nSPS) is 22.1. The summed E-state index contributed by atoms with van der Waals surface area (Å²) < 4.78 is 0.759. The van der Waals surface area contributed by atoms with Crippen molar-refractivity contribution < 1.29 is 14.4 Å². The Kier molecular flexibility index (Phi) is 5.38. The molecule has 3 aromatic rings. The van der Waals surface area contributed by atoms with Crippen molar-refractivity contribution in [2.45, 2.75) is 25.9 Å². The molecule has 6 nitrogen and oxygen atoms in total. The highest BCUT2D eigenvalue weighted by Crippen LogP contribution is 2.43. The zero-order valence-corrected chi connectivity index (χ0v) is 19.7. The molecule has 0 radical (unpaired) electrons. The Morgan fingerprint density at radius 1 is 0.909 bits per heavy atom. The topological polar surface area (TPSA) is 69.7 Å². The summed E-state index contributed by atoms with van der Waals surface area (Å²) in [4.78, 5) is 42.1. The van der Waals surface area contributed by atoms with Crippen molar-refractivity contribution in [2.24, 2.45) is 5.92 Å². The van der Waals surface area contributed by atoms with Crippen LogP contribution in [-0.4, -0.2) is 28.8 Å². The summed E-state index contributed by atoms with van der Waals surface area (Å²) in [6.07, 6.45) is 0. The zero-order valence-electron chi connectivity index (χ0n) is 18.2. The second-order valence-electron chi connectivity index (χ2n) is 8.47. The number of benzene rings is 3. The van der Waals surface area contributed by atoms with Crippen molar-refractivity contribution in [3.8, 4) is 0 Å². The summed E-state index contributed by atoms with van der Waals surface area (Å²) in [6.45, 7) is 3.88. The van der Waals surface area contributed by atoms with E-state index in [1.54, 1.807) is 24.3 Å². The Balaban J connectivity index is 1.61. The van der Waals surface area contributed by atoms with Crippen LogP contribution >= 0.6 is 15.9 Å². The van der Waals surface area contributed by atoms with Gasteiger partial charge in [0, 0.05) is 10.0 Å². The van der Waals surface area contributed by atoms with Gasteiger partial charge in [-0.25, -0.2) is 10.3 Å². The lowest BCUT2D eigenvalue weighted by molar-refractivity contribution is -0.123. The fourth-order valence-corrected chi connectivity index (χ4v) is 5.15. The monoisotopic (exact) mass is 503 g/mol. The molecule has 2 fully saturated rings. The smallest absolute Gasteiger partial charge is 0.268 e. The molecule has 7 heteroatoms. The molecule has 5 rings (SSSR count). The quantitative estimate of drug-likeness (QED) is 0.540. The van der Waals surface area contributed by atoms with E-state index in [1.165, 1.54) is 9.91 Å². The number of aryl methyl sites for hydroxylation is 2. The minimum atomic E-state index is -0.936. The number of hydrogen-bond acceptors (Lipinski definition) is 4. The van der Waals surface area contributed by atoms with Gasteiger partial charge < -0.3 is 0 Å². The maximum Gasteiger partial charge on any atom is 0.268 e. The summed E-state index contributed by atoms with van der Waals surface area (Å²) in [5, 5.41) is 1.35. The Bertz CT molecular complexity index is 1290. The van der Waals surface area contributed by atoms with Crippen molar-refractivity contribution in [2.75, 3.05) is 4.90 Å². The summed E-state index contributed by atoms with van der Waals surface area (Å²) in [6, 6.07) is 20.6. The lowest BCUT2D eigenvalue weighted by atomic mass is 9.88. The van der Waals surface area contributed by atoms with Crippen LogP contribution in [0.15, 0.2) is 77.3 Å². The van der Waals surface area contributed by atoms with Crippen LogP contribution in [0.4, 0.5) is 5.69 Å². The van der Waals surface area contributed by atoms with E-state index in [-0.39, 0.29) is 11.8 Å². The van der Waals surface area contributed by atoms with Gasteiger partial charge in [-0.05, 0) is 60.9 Å². The molecule has 0 unspecified atom stereocenters. The fraction of sp³-hybridized carbons (Fsp3) is 0.192. The van der Waals surface area contributed by atoms with E-state index < -0.39 is 23.9 Å². The molecule has 166 valence electrons. The Morgan fingerprint density at radius 3 is 2.39 bits per heavy atom. The number of halogens is 1. The maximum absolute atomic E-state index is 13.7. The molecule has 0 saturated carbocycles. The largest absolute Gasteiger partial charge is 0.274 e. The highest BCUT2D eigenvalue weighted by molar-refractivity contribution is 9.10. The molecule has 0 spiro atoms. The number of rotatable bonds is 3. The first-order valence-corrected chi connectivity index (χ1v) is 11.5. The Hall–Kier alpha value is -3.29. The predicted octanol–water partition coefficient (Wildman–Crippen LogP) is 4.33. The Labute approximate surface area is 200 Å². The van der Waals surface area contributed by atoms with Gasteiger partial charge >= 0.3 is 0 Å². The third kappa shape index (κ3) is 3.57. The van der Waals surface area contributed by atoms with Gasteiger partial charge in [0.2, 0.25) is 5.91 Å². The lowest BCUT2D eigenvalue weighted by Crippen LogP contribution is -2.48. The number of carbonyl (C=O) groups excluding carboxylic acids is 3. The SMILES string of the molecule is Cc1cccc(N2C(=O)[C@@H]3[C@@H](c4ccccc4C)NN(C(=O)c4cccc(Br)c4)[C@H]3C2=O)c1. The number of amides is 3. The molecule has 3 aromatic carbocycles. The summed E-state index contributed by atoms with van der Waals surface area (Å²) in [5.41, 5.74) is 6.99. The molecular weight excluding hydrogens is 482 g/mol. The minimum Gasteiger partial charge on any atom is -0.274 e. The van der Waals surface area contributed by atoms with E-state index in [0.29, 0.717) is 11.3 Å². The van der Waals surface area contributed by atoms with Gasteiger partial charge in [0.05, 0.1) is 17.6 Å². The second-order valence-corrected chi connectivity index (χ2v) is 9.39. The zero-order chi connectivity index (χ0) is 23.3. The molecule has 33 heavy (non-hydrogen) atoms. The van der Waals surface area contributed by atoms with Gasteiger partial charge in [0.25, 0.3) is 11.8 Å². The van der Waals surface area contributed by atoms with Gasteiger partial charge in [-0.15, -0.1) is 0 Å². The van der Waals surface area contributed by atoms with Crippen LogP contribution in [0.3, 0.4) is 0 Å². The fourth-order valence-electron chi connectivity index (χ4n) is 4.75. The molecule has 2 saturated heterocycles. The summed E-state index contributed by atoms with van der Waals surface area (Å²) in [7, 11) is 0. The van der Waals surface area contributed by atoms with Crippen molar-refractivity contribution in [1.29, 1.82) is 0 Å². The number of carbonyl (C=O) groups is 3. The van der Waals surface area contributed by atoms with E-state index in [1.807, 2.05) is 62.4 Å². The Morgan fingerprint density at radius 2 is 1.67 bits per heavy atom. The molecule has 3 amide bonds. The number of imide groups is 1. The number of hydrogen-bond donors (Lipinski definition) is 1. The van der Waals surface area contributed by atoms with Gasteiger partial charge in [0.1, 0.15) is 6.04 Å². The van der Waals surface area contributed by atoms with E-state index in [2.05, 4.69) is 21.4 Å². The first-order valence-electron chi connectivity index (χ1n) is 10.7. The average Bonchev–Trinajstić information content (AvgIpc) is 3.30. The van der Waals surface area contributed by atoms with Crippen molar-refractivity contribution in [3.05, 3.63) is 99.5 Å². The van der Waals surface area contributed by atoms with E-state index in [0.717, 1.165) is 21.2 Å². The maximum atomic E-state index is 13.7. The number of anilines is 1. The van der Waals surface area contributed by atoms with Crippen LogP contribution < -0.4 is 10.3 Å². The average molecular weight is 504 g/mol. The molecule has 2 aliphatic heterocycles. The number of fused-ring (bicyclic) bond motifs is 1. The van der Waals surface area contributed by atoms with Crippen LogP contribution in [0.2, 0.25) is 0 Å². The first-order chi connectivity index (χ1) is 15.9. The predicted molar refractivity (Wildman–Crippen MR) is 128 cm³/mol. The minimum absolute atomic E-state index is 0.305. The van der Waals surface area contributed by atoms with Crippen molar-refractivity contribution in [1.82, 2.24) is 10.4 Å². The molecule has 3 atom stereocenters. The number of hydrazine groups is 1. The second kappa shape index (κ2) is 8.24.